The Labute approximate surface area is 86.9 Å². The molecule has 0 aromatic heterocycles. The van der Waals surface area contributed by atoms with Gasteiger partial charge in [-0.3, -0.25) is 0 Å². The van der Waals surface area contributed by atoms with Crippen LogP contribution in [-0.4, -0.2) is 17.6 Å². The number of rotatable bonds is 1. The maximum Gasteiger partial charge on any atom is 0.267 e. The second-order valence-corrected chi connectivity index (χ2v) is 3.81. The van der Waals surface area contributed by atoms with Crippen molar-refractivity contribution in [2.45, 2.75) is 24.8 Å². The van der Waals surface area contributed by atoms with Gasteiger partial charge >= 0.3 is 0 Å². The van der Waals surface area contributed by atoms with Crippen LogP contribution in [0.4, 0.5) is 8.78 Å². The fourth-order valence-electron chi connectivity index (χ4n) is 1.93. The van der Waals surface area contributed by atoms with Crippen molar-refractivity contribution in [3.63, 3.8) is 0 Å². The van der Waals surface area contributed by atoms with Crippen LogP contribution in [0.15, 0.2) is 24.3 Å². The molecule has 1 fully saturated rings. The highest BCUT2D eigenvalue weighted by Crippen LogP contribution is 2.40. The molecule has 1 aliphatic heterocycles. The van der Waals surface area contributed by atoms with Gasteiger partial charge in [-0.2, -0.15) is 0 Å². The summed E-state index contributed by atoms with van der Waals surface area (Å²) in [6.45, 7) is 0.564. The Morgan fingerprint density at radius 1 is 1.33 bits per heavy atom. The van der Waals surface area contributed by atoms with E-state index in [1.807, 2.05) is 0 Å². The molecule has 15 heavy (non-hydrogen) atoms. The van der Waals surface area contributed by atoms with Gasteiger partial charge in [0.15, 0.2) is 0 Å². The number of phenolic OH excluding ortho intramolecular Hbond substituents is 1. The Morgan fingerprint density at radius 2 is 2.07 bits per heavy atom. The van der Waals surface area contributed by atoms with Crippen LogP contribution in [0.3, 0.4) is 0 Å². The molecule has 2 N–H and O–H groups in total. The van der Waals surface area contributed by atoms with Crippen molar-refractivity contribution < 1.29 is 13.9 Å². The van der Waals surface area contributed by atoms with Crippen LogP contribution < -0.4 is 5.32 Å². The fraction of sp³-hybridized carbons (Fsp3) is 0.455. The molecule has 1 aromatic rings. The molecular weight excluding hydrogens is 200 g/mol. The van der Waals surface area contributed by atoms with Crippen molar-refractivity contribution in [3.05, 3.63) is 29.8 Å². The molecule has 0 bridgehead atoms. The van der Waals surface area contributed by atoms with E-state index >= 15 is 0 Å². The first-order valence-corrected chi connectivity index (χ1v) is 5.00. The van der Waals surface area contributed by atoms with E-state index in [1.165, 1.54) is 12.1 Å². The summed E-state index contributed by atoms with van der Waals surface area (Å²) in [5.74, 6) is -2.85. The van der Waals surface area contributed by atoms with Crippen LogP contribution in [0, 0.1) is 0 Å². The van der Waals surface area contributed by atoms with Gasteiger partial charge in [0.2, 0.25) is 0 Å². The number of phenols is 1. The van der Waals surface area contributed by atoms with Gasteiger partial charge in [-0.15, -0.1) is 0 Å². The van der Waals surface area contributed by atoms with Crippen molar-refractivity contribution in [2.24, 2.45) is 0 Å². The Bertz CT molecular complexity index is 354. The highest BCUT2D eigenvalue weighted by molar-refractivity contribution is 5.36. The summed E-state index contributed by atoms with van der Waals surface area (Å²) in [7, 11) is 0. The van der Waals surface area contributed by atoms with Crippen molar-refractivity contribution >= 4 is 0 Å². The molecule has 2 nitrogen and oxygen atoms in total. The Balaban J connectivity index is 2.33. The van der Waals surface area contributed by atoms with E-state index < -0.39 is 12.0 Å². The van der Waals surface area contributed by atoms with Gasteiger partial charge < -0.3 is 10.4 Å². The second-order valence-electron chi connectivity index (χ2n) is 3.81. The lowest BCUT2D eigenvalue weighted by Gasteiger charge is -2.32. The summed E-state index contributed by atoms with van der Waals surface area (Å²) in [5, 5.41) is 12.3. The van der Waals surface area contributed by atoms with Gasteiger partial charge in [-0.25, -0.2) is 8.78 Å². The lowest BCUT2D eigenvalue weighted by atomic mass is 9.93. The van der Waals surface area contributed by atoms with Gasteiger partial charge in [0.1, 0.15) is 11.8 Å². The lowest BCUT2D eigenvalue weighted by Crippen LogP contribution is -2.42. The first-order valence-electron chi connectivity index (χ1n) is 5.00. The summed E-state index contributed by atoms with van der Waals surface area (Å²) < 4.78 is 27.1. The number of hydrogen-bond acceptors (Lipinski definition) is 2. The Kier molecular flexibility index (Phi) is 2.61. The first kappa shape index (κ1) is 10.4. The minimum Gasteiger partial charge on any atom is -0.508 e. The molecule has 1 aromatic carbocycles. The van der Waals surface area contributed by atoms with Crippen LogP contribution in [-0.2, 0) is 0 Å². The van der Waals surface area contributed by atoms with E-state index in [4.69, 9.17) is 0 Å². The molecule has 82 valence electrons. The number of halogens is 2. The largest absolute Gasteiger partial charge is 0.508 e. The zero-order valence-corrected chi connectivity index (χ0v) is 8.21. The second kappa shape index (κ2) is 3.77. The van der Waals surface area contributed by atoms with Crippen LogP contribution >= 0.6 is 0 Å². The third-order valence-electron chi connectivity index (χ3n) is 2.71. The maximum absolute atomic E-state index is 13.6. The quantitative estimate of drug-likeness (QED) is 0.751. The molecule has 1 atom stereocenters. The molecule has 1 heterocycles. The smallest absolute Gasteiger partial charge is 0.267 e. The number of benzene rings is 1. The lowest BCUT2D eigenvalue weighted by molar-refractivity contribution is -0.0625. The zero-order chi connectivity index (χ0) is 10.9. The predicted octanol–water partition coefficient (Wildman–Crippen LogP) is 2.45. The van der Waals surface area contributed by atoms with Gasteiger partial charge in [0, 0.05) is 12.0 Å². The molecule has 0 aliphatic carbocycles. The molecule has 0 amide bonds. The number of alkyl halides is 2. The maximum atomic E-state index is 13.6. The minimum atomic E-state index is -2.78. The molecule has 0 spiro atoms. The average Bonchev–Trinajstić information content (AvgIpc) is 2.19. The van der Waals surface area contributed by atoms with Crippen LogP contribution in [0.1, 0.15) is 24.4 Å². The molecule has 4 heteroatoms. The van der Waals surface area contributed by atoms with E-state index in [9.17, 15) is 13.9 Å². The normalized spacial score (nSPS) is 25.1. The Hall–Kier alpha value is -1.16. The standard InChI is InChI=1S/C11H13F2NO/c12-11(13)6-3-7-14-10(11)8-4-1-2-5-9(8)15/h1-2,4-5,10,14-15H,3,6-7H2. The van der Waals surface area contributed by atoms with E-state index in [0.29, 0.717) is 13.0 Å². The highest BCUT2D eigenvalue weighted by Gasteiger charge is 2.43. The molecule has 0 saturated carbocycles. The number of hydrogen-bond donors (Lipinski definition) is 2. The number of piperidine rings is 1. The van der Waals surface area contributed by atoms with E-state index in [2.05, 4.69) is 5.32 Å². The van der Waals surface area contributed by atoms with E-state index in [-0.39, 0.29) is 17.7 Å². The zero-order valence-electron chi connectivity index (χ0n) is 8.21. The average molecular weight is 213 g/mol. The first-order chi connectivity index (χ1) is 7.11. The van der Waals surface area contributed by atoms with Crippen molar-refractivity contribution in [1.29, 1.82) is 0 Å². The van der Waals surface area contributed by atoms with Crippen LogP contribution in [0.2, 0.25) is 0 Å². The molecule has 2 rings (SSSR count). The molecule has 0 radical (unpaired) electrons. The van der Waals surface area contributed by atoms with Gasteiger partial charge in [0.25, 0.3) is 5.92 Å². The van der Waals surface area contributed by atoms with Gasteiger partial charge in [0.05, 0.1) is 0 Å². The molecule has 1 unspecified atom stereocenters. The summed E-state index contributed by atoms with van der Waals surface area (Å²) in [6.07, 6.45) is 0.343. The molecule has 1 saturated heterocycles. The minimum absolute atomic E-state index is 0.0726. The van der Waals surface area contributed by atoms with E-state index in [0.717, 1.165) is 0 Å². The van der Waals surface area contributed by atoms with Gasteiger partial charge in [-0.05, 0) is 19.0 Å². The topological polar surface area (TPSA) is 32.3 Å². The summed E-state index contributed by atoms with van der Waals surface area (Å²) in [5.41, 5.74) is 0.280. The SMILES string of the molecule is Oc1ccccc1C1NCCCC1(F)F. The number of aromatic hydroxyl groups is 1. The Morgan fingerprint density at radius 3 is 2.73 bits per heavy atom. The van der Waals surface area contributed by atoms with Crippen LogP contribution in [0.5, 0.6) is 5.75 Å². The summed E-state index contributed by atoms with van der Waals surface area (Å²) in [6, 6.07) is 5.18. The fourth-order valence-corrected chi connectivity index (χ4v) is 1.93. The third kappa shape index (κ3) is 1.95. The van der Waals surface area contributed by atoms with Crippen molar-refractivity contribution in [3.8, 4) is 5.75 Å². The number of para-hydroxylation sites is 1. The predicted molar refractivity (Wildman–Crippen MR) is 53.0 cm³/mol. The van der Waals surface area contributed by atoms with E-state index in [1.54, 1.807) is 12.1 Å². The monoisotopic (exact) mass is 213 g/mol. The summed E-state index contributed by atoms with van der Waals surface area (Å²) >= 11 is 0. The van der Waals surface area contributed by atoms with Crippen molar-refractivity contribution in [1.82, 2.24) is 5.32 Å². The molecular formula is C11H13F2NO. The highest BCUT2D eigenvalue weighted by atomic mass is 19.3. The summed E-state index contributed by atoms with van der Waals surface area (Å²) in [4.78, 5) is 0. The van der Waals surface area contributed by atoms with Crippen LogP contribution in [0.25, 0.3) is 0 Å². The van der Waals surface area contributed by atoms with Gasteiger partial charge in [-0.1, -0.05) is 18.2 Å². The molecule has 1 aliphatic rings. The van der Waals surface area contributed by atoms with Crippen molar-refractivity contribution in [2.75, 3.05) is 6.54 Å². The number of nitrogens with one attached hydrogen (secondary N) is 1. The third-order valence-corrected chi connectivity index (χ3v) is 2.71.